The van der Waals surface area contributed by atoms with Crippen molar-refractivity contribution in [3.05, 3.63) is 34.9 Å². The Morgan fingerprint density at radius 3 is 2.65 bits per heavy atom. The maximum atomic E-state index is 12.1. The number of ether oxygens (including phenoxy) is 1. The average molecular weight is 290 g/mol. The second-order valence-electron chi connectivity index (χ2n) is 4.40. The molecule has 104 valence electrons. The van der Waals surface area contributed by atoms with Gasteiger partial charge in [0.2, 0.25) is 0 Å². The Morgan fingerprint density at radius 2 is 2.05 bits per heavy atom. The lowest BCUT2D eigenvalue weighted by Gasteiger charge is -2.25. The molecule has 1 N–H and O–H groups in total. The summed E-state index contributed by atoms with van der Waals surface area (Å²) < 4.78 is 5.12. The van der Waals surface area contributed by atoms with Crippen molar-refractivity contribution >= 4 is 35.2 Å². The molecule has 1 aromatic rings. The van der Waals surface area contributed by atoms with Gasteiger partial charge >= 0.3 is 0 Å². The van der Waals surface area contributed by atoms with Crippen molar-refractivity contribution in [3.63, 3.8) is 0 Å². The molecule has 1 heterocycles. The van der Waals surface area contributed by atoms with Gasteiger partial charge in [0.25, 0.3) is 11.8 Å². The van der Waals surface area contributed by atoms with Gasteiger partial charge < -0.3 is 4.74 Å². The molecule has 1 fully saturated rings. The lowest BCUT2D eigenvalue weighted by atomic mass is 10.0. The molecule has 0 radical (unpaired) electrons. The highest BCUT2D eigenvalue weighted by molar-refractivity contribution is 7.80. The van der Waals surface area contributed by atoms with Gasteiger partial charge in [-0.25, -0.2) is 0 Å². The maximum absolute atomic E-state index is 12.1. The van der Waals surface area contributed by atoms with Gasteiger partial charge in [0.15, 0.2) is 5.11 Å². The Hall–Kier alpha value is -2.21. The van der Waals surface area contributed by atoms with Crippen molar-refractivity contribution in [1.29, 1.82) is 0 Å². The fourth-order valence-corrected chi connectivity index (χ4v) is 2.01. The number of nitrogens with one attached hydrogen (secondary N) is 1. The molecular weight excluding hydrogens is 276 g/mol. The molecule has 0 aromatic heterocycles. The Morgan fingerprint density at radius 1 is 1.35 bits per heavy atom. The van der Waals surface area contributed by atoms with Crippen molar-refractivity contribution in [1.82, 2.24) is 10.2 Å². The van der Waals surface area contributed by atoms with Crippen molar-refractivity contribution in [2.75, 3.05) is 14.2 Å². The zero-order chi connectivity index (χ0) is 14.9. The number of benzene rings is 1. The largest absolute Gasteiger partial charge is 0.497 e. The van der Waals surface area contributed by atoms with E-state index in [2.05, 4.69) is 5.32 Å². The van der Waals surface area contributed by atoms with Crippen LogP contribution >= 0.6 is 12.2 Å². The molecular formula is C14H14N2O3S. The summed E-state index contributed by atoms with van der Waals surface area (Å²) in [5, 5.41) is 2.59. The van der Waals surface area contributed by atoms with Crippen LogP contribution in [0.1, 0.15) is 11.1 Å². The van der Waals surface area contributed by atoms with Crippen LogP contribution in [0.2, 0.25) is 0 Å². The minimum absolute atomic E-state index is 0.0642. The maximum Gasteiger partial charge on any atom is 0.265 e. The fraction of sp³-hybridized carbons (Fsp3) is 0.214. The summed E-state index contributed by atoms with van der Waals surface area (Å²) in [6.07, 6.45) is 1.56. The summed E-state index contributed by atoms with van der Waals surface area (Å²) in [5.74, 6) is -0.162. The first-order valence-corrected chi connectivity index (χ1v) is 6.34. The molecule has 20 heavy (non-hydrogen) atoms. The molecule has 0 bridgehead atoms. The van der Waals surface area contributed by atoms with Crippen LogP contribution in [0, 0.1) is 6.92 Å². The van der Waals surface area contributed by atoms with E-state index in [0.29, 0.717) is 0 Å². The molecule has 6 heteroatoms. The van der Waals surface area contributed by atoms with Gasteiger partial charge in [0.1, 0.15) is 11.3 Å². The summed E-state index contributed by atoms with van der Waals surface area (Å²) in [5.41, 5.74) is 1.76. The first-order chi connectivity index (χ1) is 9.43. The van der Waals surface area contributed by atoms with E-state index in [1.807, 2.05) is 13.0 Å². The molecule has 5 nitrogen and oxygen atoms in total. The zero-order valence-corrected chi connectivity index (χ0v) is 12.2. The number of methoxy groups -OCH3 is 1. The molecule has 0 atom stereocenters. The van der Waals surface area contributed by atoms with Gasteiger partial charge in [-0.05, 0) is 48.5 Å². The van der Waals surface area contributed by atoms with Crippen LogP contribution in [-0.4, -0.2) is 36.0 Å². The number of thiocarbonyl (C=S) groups is 1. The third-order valence-electron chi connectivity index (χ3n) is 3.08. The lowest BCUT2D eigenvalue weighted by molar-refractivity contribution is -0.128. The highest BCUT2D eigenvalue weighted by Gasteiger charge is 2.30. The van der Waals surface area contributed by atoms with Crippen molar-refractivity contribution in [2.24, 2.45) is 0 Å². The van der Waals surface area contributed by atoms with Gasteiger partial charge in [-0.1, -0.05) is 6.07 Å². The summed E-state index contributed by atoms with van der Waals surface area (Å²) in [4.78, 5) is 25.2. The third-order valence-corrected chi connectivity index (χ3v) is 3.46. The summed E-state index contributed by atoms with van der Waals surface area (Å²) in [7, 11) is 3.11. The van der Waals surface area contributed by atoms with Crippen LogP contribution in [0.4, 0.5) is 0 Å². The number of likely N-dealkylation sites (N-methyl/N-ethyl adjacent to an activating group) is 1. The van der Waals surface area contributed by atoms with Gasteiger partial charge in [-0.15, -0.1) is 0 Å². The second kappa shape index (κ2) is 5.42. The number of carbonyl (C=O) groups is 2. The number of hydrogen-bond donors (Lipinski definition) is 1. The molecule has 1 saturated heterocycles. The molecule has 2 rings (SSSR count). The molecule has 0 spiro atoms. The van der Waals surface area contributed by atoms with Crippen molar-refractivity contribution < 1.29 is 14.3 Å². The predicted molar refractivity (Wildman–Crippen MR) is 79.2 cm³/mol. The average Bonchev–Trinajstić information content (AvgIpc) is 2.42. The Balaban J connectivity index is 2.41. The normalized spacial score (nSPS) is 17.4. The van der Waals surface area contributed by atoms with Crippen LogP contribution in [0.25, 0.3) is 6.08 Å². The number of aryl methyl sites for hydroxylation is 1. The van der Waals surface area contributed by atoms with E-state index in [4.69, 9.17) is 17.0 Å². The number of nitrogens with zero attached hydrogens (tertiary/aromatic N) is 1. The van der Waals surface area contributed by atoms with E-state index in [0.717, 1.165) is 16.9 Å². The summed E-state index contributed by atoms with van der Waals surface area (Å²) >= 11 is 4.89. The summed E-state index contributed by atoms with van der Waals surface area (Å²) in [6, 6.07) is 5.42. The van der Waals surface area contributed by atoms with Crippen LogP contribution < -0.4 is 10.1 Å². The van der Waals surface area contributed by atoms with Gasteiger partial charge in [-0.3, -0.25) is 19.8 Å². The van der Waals surface area contributed by atoms with E-state index < -0.39 is 11.8 Å². The first kappa shape index (κ1) is 14.2. The zero-order valence-electron chi connectivity index (χ0n) is 11.4. The quantitative estimate of drug-likeness (QED) is 0.506. The van der Waals surface area contributed by atoms with Gasteiger partial charge in [-0.2, -0.15) is 0 Å². The highest BCUT2D eigenvalue weighted by atomic mass is 32.1. The Bertz CT molecular complexity index is 637. The molecule has 2 amide bonds. The molecule has 0 saturated carbocycles. The first-order valence-electron chi connectivity index (χ1n) is 5.93. The van der Waals surface area contributed by atoms with Crippen molar-refractivity contribution in [2.45, 2.75) is 6.92 Å². The van der Waals surface area contributed by atoms with E-state index in [-0.39, 0.29) is 10.7 Å². The third kappa shape index (κ3) is 2.55. The standard InChI is InChI=1S/C14H14N2O3S/c1-8-6-10(19-3)5-4-9(8)7-11-12(17)15-14(20)16(2)13(11)18/h4-7H,1-3H3,(H,15,17,20)/b11-7+. The number of rotatable bonds is 2. The second-order valence-corrected chi connectivity index (χ2v) is 4.79. The predicted octanol–water partition coefficient (Wildman–Crippen LogP) is 1.26. The van der Waals surface area contributed by atoms with E-state index in [1.54, 1.807) is 25.3 Å². The van der Waals surface area contributed by atoms with Crippen LogP contribution in [-0.2, 0) is 9.59 Å². The van der Waals surface area contributed by atoms with Crippen LogP contribution in [0.15, 0.2) is 23.8 Å². The van der Waals surface area contributed by atoms with Crippen LogP contribution in [0.3, 0.4) is 0 Å². The number of carbonyl (C=O) groups excluding carboxylic acids is 2. The van der Waals surface area contributed by atoms with Crippen molar-refractivity contribution in [3.8, 4) is 5.75 Å². The Labute approximate surface area is 122 Å². The van der Waals surface area contributed by atoms with Gasteiger partial charge in [0.05, 0.1) is 7.11 Å². The smallest absolute Gasteiger partial charge is 0.265 e. The molecule has 1 aliphatic rings. The van der Waals surface area contributed by atoms with E-state index in [9.17, 15) is 9.59 Å². The fourth-order valence-electron chi connectivity index (χ4n) is 1.84. The Kier molecular flexibility index (Phi) is 3.85. The summed E-state index contributed by atoms with van der Waals surface area (Å²) in [6.45, 7) is 1.88. The molecule has 1 aromatic carbocycles. The minimum Gasteiger partial charge on any atom is -0.497 e. The van der Waals surface area contributed by atoms with Crippen LogP contribution in [0.5, 0.6) is 5.75 Å². The van der Waals surface area contributed by atoms with E-state index in [1.165, 1.54) is 11.9 Å². The molecule has 1 aliphatic heterocycles. The number of amides is 2. The topological polar surface area (TPSA) is 58.6 Å². The molecule has 0 aliphatic carbocycles. The lowest BCUT2D eigenvalue weighted by Crippen LogP contribution is -2.52. The minimum atomic E-state index is -0.478. The van der Waals surface area contributed by atoms with E-state index >= 15 is 0 Å². The highest BCUT2D eigenvalue weighted by Crippen LogP contribution is 2.20. The molecule has 0 unspecified atom stereocenters. The monoisotopic (exact) mass is 290 g/mol. The SMILES string of the molecule is COc1ccc(/C=C2\C(=O)NC(=S)N(C)C2=O)c(C)c1. The van der Waals surface area contributed by atoms with Gasteiger partial charge in [0, 0.05) is 7.05 Å². The number of hydrogen-bond acceptors (Lipinski definition) is 4.